The van der Waals surface area contributed by atoms with Crippen LogP contribution in [0.25, 0.3) is 0 Å². The van der Waals surface area contributed by atoms with E-state index >= 15 is 0 Å². The van der Waals surface area contributed by atoms with E-state index in [1.165, 1.54) is 5.56 Å². The van der Waals surface area contributed by atoms with Crippen molar-refractivity contribution in [3.05, 3.63) is 101 Å². The topological polar surface area (TPSA) is 74.3 Å². The normalized spacial score (nSPS) is 22.4. The summed E-state index contributed by atoms with van der Waals surface area (Å²) >= 11 is 17.0. The zero-order valence-electron chi connectivity index (χ0n) is 22.6. The van der Waals surface area contributed by atoms with Gasteiger partial charge in [-0.3, -0.25) is 14.6 Å². The van der Waals surface area contributed by atoms with Gasteiger partial charge >= 0.3 is 0 Å². The lowest BCUT2D eigenvalue weighted by molar-refractivity contribution is -0.253. The van der Waals surface area contributed by atoms with Crippen molar-refractivity contribution in [1.82, 2.24) is 9.80 Å². The van der Waals surface area contributed by atoms with Crippen LogP contribution in [0.5, 0.6) is 0 Å². The zero-order valence-corrected chi connectivity index (χ0v) is 24.9. The van der Waals surface area contributed by atoms with Crippen LogP contribution in [0.4, 0.5) is 5.69 Å². The Kier molecular flexibility index (Phi) is 10.2. The monoisotopic (exact) mass is 617 g/mol. The van der Waals surface area contributed by atoms with E-state index in [-0.39, 0.29) is 18.8 Å². The number of piperazine rings is 1. The van der Waals surface area contributed by atoms with Gasteiger partial charge in [0.25, 0.3) is 9.70 Å². The van der Waals surface area contributed by atoms with Gasteiger partial charge in [0.05, 0.1) is 18.8 Å². The molecule has 5 rings (SSSR count). The van der Waals surface area contributed by atoms with Crippen molar-refractivity contribution in [3.63, 3.8) is 0 Å². The molecule has 0 saturated carbocycles. The lowest BCUT2D eigenvalue weighted by Gasteiger charge is -2.40. The number of carbonyl (C=O) groups is 1. The highest BCUT2D eigenvalue weighted by Gasteiger charge is 2.34. The lowest BCUT2D eigenvalue weighted by Crippen LogP contribution is -2.49. The van der Waals surface area contributed by atoms with E-state index in [4.69, 9.17) is 44.3 Å². The van der Waals surface area contributed by atoms with E-state index in [1.54, 1.807) is 12.1 Å². The average molecular weight is 619 g/mol. The van der Waals surface area contributed by atoms with Crippen LogP contribution in [-0.4, -0.2) is 63.4 Å². The van der Waals surface area contributed by atoms with Crippen LogP contribution in [0.2, 0.25) is 0 Å². The molecule has 10 heteroatoms. The number of alkyl halides is 3. The van der Waals surface area contributed by atoms with Gasteiger partial charge in [0, 0.05) is 56.9 Å². The first kappa shape index (κ1) is 30.3. The van der Waals surface area contributed by atoms with Gasteiger partial charge in [-0.2, -0.15) is 0 Å². The van der Waals surface area contributed by atoms with Crippen molar-refractivity contribution in [2.45, 2.75) is 41.9 Å². The number of halogens is 3. The number of hydrogen-bond acceptors (Lipinski definition) is 6. The van der Waals surface area contributed by atoms with Crippen molar-refractivity contribution < 1.29 is 19.4 Å². The highest BCUT2D eigenvalue weighted by molar-refractivity contribution is 6.76. The number of aliphatic hydroxyl groups is 1. The van der Waals surface area contributed by atoms with E-state index < -0.39 is 16.0 Å². The Balaban J connectivity index is 1.25. The molecule has 3 atom stereocenters. The Morgan fingerprint density at radius 3 is 2.10 bits per heavy atom. The maximum absolute atomic E-state index is 12.0. The van der Waals surface area contributed by atoms with Gasteiger partial charge in [-0.25, -0.2) is 0 Å². The van der Waals surface area contributed by atoms with Crippen molar-refractivity contribution in [2.75, 3.05) is 38.0 Å². The van der Waals surface area contributed by atoms with Crippen molar-refractivity contribution >= 4 is 46.4 Å². The first-order chi connectivity index (χ1) is 19.8. The summed E-state index contributed by atoms with van der Waals surface area (Å²) in [6.07, 6.45) is -0.0832. The predicted octanol–water partition coefficient (Wildman–Crippen LogP) is 5.85. The Morgan fingerprint density at radius 2 is 1.46 bits per heavy atom. The number of nitrogens with one attached hydrogen (secondary N) is 1. The lowest BCUT2D eigenvalue weighted by atomic mass is 9.99. The van der Waals surface area contributed by atoms with Crippen molar-refractivity contribution in [3.8, 4) is 0 Å². The van der Waals surface area contributed by atoms with Gasteiger partial charge in [-0.1, -0.05) is 102 Å². The fourth-order valence-corrected chi connectivity index (χ4v) is 5.36. The number of carbonyl (C=O) groups excluding carboxylic acids is 1. The van der Waals surface area contributed by atoms with Crippen LogP contribution in [0.3, 0.4) is 0 Å². The summed E-state index contributed by atoms with van der Waals surface area (Å²) in [5, 5.41) is 12.1. The van der Waals surface area contributed by atoms with Gasteiger partial charge in [-0.05, 0) is 28.8 Å². The Hall–Kier alpha value is -2.20. The molecule has 2 heterocycles. The Labute approximate surface area is 255 Å². The van der Waals surface area contributed by atoms with Gasteiger partial charge in [-0.15, -0.1) is 0 Å². The third kappa shape index (κ3) is 8.43. The molecule has 218 valence electrons. The minimum absolute atomic E-state index is 0.00240. The van der Waals surface area contributed by atoms with Crippen molar-refractivity contribution in [2.24, 2.45) is 0 Å². The molecule has 7 nitrogen and oxygen atoms in total. The summed E-state index contributed by atoms with van der Waals surface area (Å²) in [5.74, 6) is -0.726. The van der Waals surface area contributed by atoms with Gasteiger partial charge < -0.3 is 19.9 Å². The average Bonchev–Trinajstić information content (AvgIpc) is 2.98. The summed E-state index contributed by atoms with van der Waals surface area (Å²) in [5.41, 5.74) is 4.56. The molecule has 0 radical (unpaired) electrons. The summed E-state index contributed by atoms with van der Waals surface area (Å²) in [6.45, 7) is 5.75. The minimum atomic E-state index is -2.05. The van der Waals surface area contributed by atoms with Crippen LogP contribution in [-0.2, 0) is 27.4 Å². The fraction of sp³-hybridized carbons (Fsp3) is 0.387. The van der Waals surface area contributed by atoms with Crippen molar-refractivity contribution in [1.29, 1.82) is 0 Å². The Morgan fingerprint density at radius 1 is 0.829 bits per heavy atom. The number of rotatable bonds is 8. The van der Waals surface area contributed by atoms with E-state index in [2.05, 4.69) is 45.4 Å². The van der Waals surface area contributed by atoms with Crippen LogP contribution < -0.4 is 5.32 Å². The van der Waals surface area contributed by atoms with Gasteiger partial charge in [0.2, 0.25) is 0 Å². The molecule has 2 N–H and O–H groups in total. The third-order valence-electron chi connectivity index (χ3n) is 7.49. The van der Waals surface area contributed by atoms with E-state index in [1.807, 2.05) is 36.4 Å². The number of benzene rings is 3. The number of hydrogen-bond donors (Lipinski definition) is 2. The molecular formula is C31H34Cl3N3O4. The molecule has 41 heavy (non-hydrogen) atoms. The molecule has 2 fully saturated rings. The molecule has 0 aromatic heterocycles. The van der Waals surface area contributed by atoms with E-state index in [0.717, 1.165) is 62.4 Å². The SMILES string of the molecule is O=C(Nc1ccc([C@@H]2O[C@H](CN3CCN(Cc4ccccc4)CC3)C[C@H](c3ccc(CO)cc3)O2)cc1)C(Cl)(Cl)Cl. The summed E-state index contributed by atoms with van der Waals surface area (Å²) in [7, 11) is 0. The highest BCUT2D eigenvalue weighted by atomic mass is 35.6. The second kappa shape index (κ2) is 13.8. The number of nitrogens with zero attached hydrogens (tertiary/aromatic N) is 2. The summed E-state index contributed by atoms with van der Waals surface area (Å²) in [4.78, 5) is 17.0. The largest absolute Gasteiger partial charge is 0.392 e. The molecule has 2 aliphatic heterocycles. The molecule has 3 aromatic rings. The molecule has 1 amide bonds. The van der Waals surface area contributed by atoms with Crippen LogP contribution in [0.15, 0.2) is 78.9 Å². The molecule has 3 aromatic carbocycles. The summed E-state index contributed by atoms with van der Waals surface area (Å²) in [6, 6.07) is 25.6. The maximum atomic E-state index is 12.0. The van der Waals surface area contributed by atoms with Crippen LogP contribution in [0.1, 0.15) is 41.1 Å². The molecule has 0 unspecified atom stereocenters. The second-order valence-corrected chi connectivity index (χ2v) is 12.8. The fourth-order valence-electron chi connectivity index (χ4n) is 5.22. The maximum Gasteiger partial charge on any atom is 0.276 e. The molecule has 0 aliphatic carbocycles. The molecule has 2 aliphatic rings. The van der Waals surface area contributed by atoms with Gasteiger partial charge in [0.1, 0.15) is 0 Å². The predicted molar refractivity (Wildman–Crippen MR) is 162 cm³/mol. The quantitative estimate of drug-likeness (QED) is 0.309. The van der Waals surface area contributed by atoms with Crippen LogP contribution in [0, 0.1) is 0 Å². The minimum Gasteiger partial charge on any atom is -0.392 e. The first-order valence-corrected chi connectivity index (χ1v) is 14.9. The molecule has 2 saturated heterocycles. The second-order valence-electron chi connectivity index (χ2n) is 10.5. The first-order valence-electron chi connectivity index (χ1n) is 13.7. The Bertz CT molecular complexity index is 1260. The van der Waals surface area contributed by atoms with E-state index in [9.17, 15) is 9.90 Å². The summed E-state index contributed by atoms with van der Waals surface area (Å²) < 4.78 is 10.9. The van der Waals surface area contributed by atoms with E-state index in [0.29, 0.717) is 5.69 Å². The number of ether oxygens (including phenoxy) is 2. The number of amides is 1. The zero-order chi connectivity index (χ0) is 28.8. The standard InChI is InChI=1S/C31H34Cl3N3O4/c32-31(33,34)30(39)35-26-12-10-25(11-13-26)29-40-27(18-28(41-29)24-8-6-23(21-38)7-9-24)20-37-16-14-36(15-17-37)19-22-4-2-1-3-5-22/h1-13,27-29,38H,14-21H2,(H,35,39)/t27-,28+,29+/m0/s1. The third-order valence-corrected chi connectivity index (χ3v) is 8.00. The molecule has 0 spiro atoms. The van der Waals surface area contributed by atoms with Crippen LogP contribution >= 0.6 is 34.8 Å². The number of anilines is 1. The molecular weight excluding hydrogens is 585 g/mol. The highest BCUT2D eigenvalue weighted by Crippen LogP contribution is 2.38. The van der Waals surface area contributed by atoms with Gasteiger partial charge in [0.15, 0.2) is 6.29 Å². The molecule has 0 bridgehead atoms. The smallest absolute Gasteiger partial charge is 0.276 e. The number of aliphatic hydroxyl groups excluding tert-OH is 1.